The van der Waals surface area contributed by atoms with E-state index in [-0.39, 0.29) is 41.7 Å². The van der Waals surface area contributed by atoms with E-state index < -0.39 is 40.4 Å². The minimum atomic E-state index is -1.08. The Hall–Kier alpha value is -2.00. The molecule has 0 aromatic heterocycles. The van der Waals surface area contributed by atoms with Gasteiger partial charge in [0.05, 0.1) is 6.10 Å². The highest BCUT2D eigenvalue weighted by molar-refractivity contribution is 5.79. The van der Waals surface area contributed by atoms with Crippen LogP contribution in [0.3, 0.4) is 0 Å². The Morgan fingerprint density at radius 2 is 1.68 bits per heavy atom. The number of hydrogen-bond acceptors (Lipinski definition) is 9. The lowest BCUT2D eigenvalue weighted by Gasteiger charge is -2.60. The van der Waals surface area contributed by atoms with E-state index in [0.29, 0.717) is 49.2 Å². The monoisotopic (exact) mass is 618 g/mol. The average Bonchev–Trinajstić information content (AvgIpc) is 3.49. The molecule has 0 aromatic rings. The molecule has 1 N–H and O–H groups in total. The molecule has 1 spiro atoms. The number of aliphatic hydroxyl groups is 1. The second kappa shape index (κ2) is 11.1. The van der Waals surface area contributed by atoms with Crippen LogP contribution in [-0.2, 0) is 38.1 Å². The van der Waals surface area contributed by atoms with Gasteiger partial charge in [0.25, 0.3) is 0 Å². The highest BCUT2D eigenvalue weighted by atomic mass is 16.7. The van der Waals surface area contributed by atoms with E-state index >= 15 is 0 Å². The summed E-state index contributed by atoms with van der Waals surface area (Å²) in [4.78, 5) is 49.3. The molecule has 5 aliphatic rings. The number of aliphatic hydroxyl groups excluding tert-OH is 1. The first-order valence-electron chi connectivity index (χ1n) is 16.8. The summed E-state index contributed by atoms with van der Waals surface area (Å²) in [5.74, 6) is -0.199. The molecule has 1 heterocycles. The number of fused-ring (bicyclic) bond motifs is 6. The van der Waals surface area contributed by atoms with Gasteiger partial charge in [0.15, 0.2) is 0 Å². The summed E-state index contributed by atoms with van der Waals surface area (Å²) in [6.07, 6.45) is 4.72. The zero-order chi connectivity index (χ0) is 32.6. The molecule has 0 bridgehead atoms. The van der Waals surface area contributed by atoms with Gasteiger partial charge >= 0.3 is 17.9 Å². The third kappa shape index (κ3) is 4.85. The molecule has 0 aromatic carbocycles. The summed E-state index contributed by atoms with van der Waals surface area (Å²) in [5.41, 5.74) is -3.56. The van der Waals surface area contributed by atoms with E-state index in [1.54, 1.807) is 0 Å². The number of ketones is 1. The van der Waals surface area contributed by atoms with Gasteiger partial charge in [0.1, 0.15) is 35.3 Å². The fourth-order valence-corrected chi connectivity index (χ4v) is 11.2. The Kier molecular flexibility index (Phi) is 8.39. The largest absolute Gasteiger partial charge is 0.465 e. The van der Waals surface area contributed by atoms with Crippen molar-refractivity contribution in [2.75, 3.05) is 6.61 Å². The Morgan fingerprint density at radius 3 is 2.30 bits per heavy atom. The van der Waals surface area contributed by atoms with Crippen LogP contribution >= 0.6 is 0 Å². The number of ether oxygens (including phenoxy) is 4. The molecule has 4 saturated carbocycles. The van der Waals surface area contributed by atoms with E-state index in [1.165, 1.54) is 20.8 Å². The van der Waals surface area contributed by atoms with Crippen molar-refractivity contribution in [3.63, 3.8) is 0 Å². The van der Waals surface area contributed by atoms with Gasteiger partial charge in [-0.25, -0.2) is 0 Å². The number of Topliss-reactive ketones (excluding diaryl/α,β-unsaturated/α-hetero) is 1. The molecule has 9 nitrogen and oxygen atoms in total. The van der Waals surface area contributed by atoms with Gasteiger partial charge in [0, 0.05) is 50.9 Å². The maximum atomic E-state index is 12.6. The van der Waals surface area contributed by atoms with Gasteiger partial charge in [-0.2, -0.15) is 0 Å². The number of rotatable bonds is 8. The Morgan fingerprint density at radius 1 is 1.00 bits per heavy atom. The molecule has 1 aliphatic heterocycles. The zero-order valence-electron chi connectivity index (χ0n) is 28.2. The highest BCUT2D eigenvalue weighted by Gasteiger charge is 2.88. The van der Waals surface area contributed by atoms with Crippen molar-refractivity contribution in [3.8, 4) is 0 Å². The zero-order valence-corrected chi connectivity index (χ0v) is 28.2. The minimum Gasteiger partial charge on any atom is -0.465 e. The number of esters is 3. The van der Waals surface area contributed by atoms with E-state index in [2.05, 4.69) is 6.92 Å². The van der Waals surface area contributed by atoms with Crippen LogP contribution < -0.4 is 0 Å². The molecule has 0 amide bonds. The summed E-state index contributed by atoms with van der Waals surface area (Å²) in [6.45, 7) is 16.3. The molecule has 5 fully saturated rings. The standard InChI is InChI=1S/C35H54O9/c1-19(20(2)31(6,7)43-23(5)38)30(42-22(4)37)33(9)35(44-33)29(40)17-28-26-11-10-24-16-25(39)12-14-32(24,8)27(26)13-15-34(28,35)18-41-21(3)36/h19-20,24,26-30,40H,10-18H2,1-9H3/t19-,20-,24-,26+,27-,28-,29-,30+,32-,33-,34+,35+/m0/s1. The average molecular weight is 619 g/mol. The summed E-state index contributed by atoms with van der Waals surface area (Å²) < 4.78 is 24.5. The van der Waals surface area contributed by atoms with Crippen molar-refractivity contribution < 1.29 is 43.2 Å². The van der Waals surface area contributed by atoms with Crippen LogP contribution in [0.25, 0.3) is 0 Å². The van der Waals surface area contributed by atoms with Crippen LogP contribution in [0.1, 0.15) is 114 Å². The Labute approximate surface area is 262 Å². The predicted octanol–water partition coefficient (Wildman–Crippen LogP) is 5.19. The van der Waals surface area contributed by atoms with Gasteiger partial charge in [-0.05, 0) is 88.4 Å². The van der Waals surface area contributed by atoms with Gasteiger partial charge in [0.2, 0.25) is 0 Å². The maximum Gasteiger partial charge on any atom is 0.303 e. The third-order valence-electron chi connectivity index (χ3n) is 13.6. The van der Waals surface area contributed by atoms with Gasteiger partial charge in [-0.15, -0.1) is 0 Å². The summed E-state index contributed by atoms with van der Waals surface area (Å²) >= 11 is 0. The van der Waals surface area contributed by atoms with Crippen LogP contribution in [-0.4, -0.2) is 64.4 Å². The quantitative estimate of drug-likeness (QED) is 0.222. The lowest BCUT2D eigenvalue weighted by molar-refractivity contribution is -0.170. The highest BCUT2D eigenvalue weighted by Crippen LogP contribution is 2.77. The fourth-order valence-electron chi connectivity index (χ4n) is 11.2. The first-order valence-corrected chi connectivity index (χ1v) is 16.8. The lowest BCUT2D eigenvalue weighted by Crippen LogP contribution is -2.60. The van der Waals surface area contributed by atoms with Crippen LogP contribution in [0.15, 0.2) is 0 Å². The second-order valence-electron chi connectivity index (χ2n) is 15.9. The summed E-state index contributed by atoms with van der Waals surface area (Å²) in [5, 5.41) is 12.1. The summed E-state index contributed by atoms with van der Waals surface area (Å²) in [7, 11) is 0. The van der Waals surface area contributed by atoms with E-state index in [4.69, 9.17) is 18.9 Å². The van der Waals surface area contributed by atoms with Crippen LogP contribution in [0.5, 0.6) is 0 Å². The molecule has 5 rings (SSSR count). The van der Waals surface area contributed by atoms with Crippen molar-refractivity contribution in [3.05, 3.63) is 0 Å². The Bertz CT molecular complexity index is 1200. The first kappa shape index (κ1) is 33.4. The van der Waals surface area contributed by atoms with Crippen LogP contribution in [0, 0.1) is 46.3 Å². The van der Waals surface area contributed by atoms with Gasteiger partial charge in [-0.3, -0.25) is 19.2 Å². The maximum absolute atomic E-state index is 12.6. The molecule has 4 aliphatic carbocycles. The molecule has 0 radical (unpaired) electrons. The van der Waals surface area contributed by atoms with Crippen molar-refractivity contribution >= 4 is 23.7 Å². The lowest BCUT2D eigenvalue weighted by atomic mass is 9.44. The Balaban J connectivity index is 1.53. The fraction of sp³-hybridized carbons (Fsp3) is 0.886. The topological polar surface area (TPSA) is 129 Å². The van der Waals surface area contributed by atoms with E-state index in [0.717, 1.165) is 25.7 Å². The third-order valence-corrected chi connectivity index (χ3v) is 13.6. The SMILES string of the molecule is CC(=O)OC[C@]12CC[C@H]3[C@@H](CC[C@H]4CC(=O)CC[C@@]43C)[C@@H]1C[C@H](O)[C@]21O[C@@]1(C)[C@H](OC(C)=O)[C@@H](C)[C@H](C)C(C)(C)OC(C)=O. The minimum absolute atomic E-state index is 0.0519. The molecule has 0 unspecified atom stereocenters. The summed E-state index contributed by atoms with van der Waals surface area (Å²) in [6, 6.07) is 0. The molecule has 1 saturated heterocycles. The van der Waals surface area contributed by atoms with E-state index in [1.807, 2.05) is 34.6 Å². The van der Waals surface area contributed by atoms with Crippen molar-refractivity contribution in [1.82, 2.24) is 0 Å². The van der Waals surface area contributed by atoms with Crippen molar-refractivity contribution in [2.45, 2.75) is 143 Å². The van der Waals surface area contributed by atoms with Crippen molar-refractivity contribution in [1.29, 1.82) is 0 Å². The smallest absolute Gasteiger partial charge is 0.303 e. The molecule has 12 atom stereocenters. The predicted molar refractivity (Wildman–Crippen MR) is 161 cm³/mol. The van der Waals surface area contributed by atoms with Gasteiger partial charge < -0.3 is 24.1 Å². The number of hydrogen-bond donors (Lipinski definition) is 1. The molecule has 44 heavy (non-hydrogen) atoms. The van der Waals surface area contributed by atoms with Crippen LogP contribution in [0.2, 0.25) is 0 Å². The van der Waals surface area contributed by atoms with Crippen molar-refractivity contribution in [2.24, 2.45) is 46.3 Å². The molecule has 9 heteroatoms. The first-order chi connectivity index (χ1) is 20.4. The van der Waals surface area contributed by atoms with E-state index in [9.17, 15) is 24.3 Å². The second-order valence-corrected chi connectivity index (χ2v) is 15.9. The number of epoxide rings is 1. The normalized spacial score (nSPS) is 43.1. The van der Waals surface area contributed by atoms with Crippen LogP contribution in [0.4, 0.5) is 0 Å². The molecular weight excluding hydrogens is 564 g/mol. The number of carbonyl (C=O) groups excluding carboxylic acids is 4. The molecular formula is C35H54O9. The van der Waals surface area contributed by atoms with Gasteiger partial charge in [-0.1, -0.05) is 20.8 Å². The number of carbonyl (C=O) groups is 4. The molecule has 248 valence electrons.